The number of nitrogens with zero attached hydrogens (tertiary/aromatic N) is 1. The number of nitrogens with one attached hydrogen (secondary N) is 1. The van der Waals surface area contributed by atoms with Crippen molar-refractivity contribution in [1.82, 2.24) is 5.32 Å². The van der Waals surface area contributed by atoms with E-state index in [1.54, 1.807) is 18.2 Å². The van der Waals surface area contributed by atoms with E-state index in [9.17, 15) is 4.79 Å². The SMILES string of the molecule is COc1ccc(Cl)cc1C(=O)NC1CCCC1C(N)=NO. The van der Waals surface area contributed by atoms with Gasteiger partial charge in [-0.25, -0.2) is 0 Å². The molecule has 4 N–H and O–H groups in total. The van der Waals surface area contributed by atoms with Crippen molar-refractivity contribution < 1.29 is 14.7 Å². The zero-order valence-corrected chi connectivity index (χ0v) is 12.4. The standard InChI is InChI=1S/C14H18ClN3O3/c1-21-12-6-5-8(15)7-10(12)14(19)17-11-4-2-3-9(11)13(16)18-20/h5-7,9,11,20H,2-4H2,1H3,(H2,16,18)(H,17,19). The quantitative estimate of drug-likeness (QED) is 0.343. The molecule has 0 radical (unpaired) electrons. The minimum absolute atomic E-state index is 0.149. The molecule has 2 atom stereocenters. The second kappa shape index (κ2) is 6.67. The van der Waals surface area contributed by atoms with Gasteiger partial charge in [-0.3, -0.25) is 4.79 Å². The van der Waals surface area contributed by atoms with Crippen molar-refractivity contribution in [3.63, 3.8) is 0 Å². The summed E-state index contributed by atoms with van der Waals surface area (Å²) in [5, 5.41) is 15.2. The molecule has 0 spiro atoms. The van der Waals surface area contributed by atoms with E-state index in [2.05, 4.69) is 10.5 Å². The normalized spacial score (nSPS) is 22.1. The van der Waals surface area contributed by atoms with Crippen LogP contribution in [0.2, 0.25) is 5.02 Å². The monoisotopic (exact) mass is 311 g/mol. The molecule has 21 heavy (non-hydrogen) atoms. The van der Waals surface area contributed by atoms with E-state index in [4.69, 9.17) is 27.3 Å². The van der Waals surface area contributed by atoms with Gasteiger partial charge in [0.1, 0.15) is 11.6 Å². The van der Waals surface area contributed by atoms with E-state index in [1.807, 2.05) is 0 Å². The highest BCUT2D eigenvalue weighted by atomic mass is 35.5. The maximum absolute atomic E-state index is 12.4. The lowest BCUT2D eigenvalue weighted by Crippen LogP contribution is -2.42. The summed E-state index contributed by atoms with van der Waals surface area (Å²) in [5.74, 6) is 0.173. The predicted octanol–water partition coefficient (Wildman–Crippen LogP) is 1.99. The molecular formula is C14H18ClN3O3. The van der Waals surface area contributed by atoms with Crippen molar-refractivity contribution >= 4 is 23.3 Å². The highest BCUT2D eigenvalue weighted by molar-refractivity contribution is 6.31. The first kappa shape index (κ1) is 15.4. The van der Waals surface area contributed by atoms with Crippen LogP contribution < -0.4 is 15.8 Å². The van der Waals surface area contributed by atoms with Crippen LogP contribution in [0.4, 0.5) is 0 Å². The van der Waals surface area contributed by atoms with Gasteiger partial charge in [0.25, 0.3) is 5.91 Å². The number of amides is 1. The number of nitrogens with two attached hydrogens (primary N) is 1. The van der Waals surface area contributed by atoms with Gasteiger partial charge in [0, 0.05) is 17.0 Å². The largest absolute Gasteiger partial charge is 0.496 e. The van der Waals surface area contributed by atoms with Crippen LogP contribution in [0.25, 0.3) is 0 Å². The summed E-state index contributed by atoms with van der Waals surface area (Å²) in [6.45, 7) is 0. The topological polar surface area (TPSA) is 96.9 Å². The summed E-state index contributed by atoms with van der Waals surface area (Å²) in [7, 11) is 1.49. The molecule has 1 fully saturated rings. The molecule has 7 heteroatoms. The van der Waals surface area contributed by atoms with E-state index >= 15 is 0 Å². The van der Waals surface area contributed by atoms with Gasteiger partial charge in [0.2, 0.25) is 0 Å². The maximum atomic E-state index is 12.4. The van der Waals surface area contributed by atoms with Gasteiger partial charge < -0.3 is 21.0 Å². The average Bonchev–Trinajstić information content (AvgIpc) is 2.94. The van der Waals surface area contributed by atoms with Crippen LogP contribution in [0.1, 0.15) is 29.6 Å². The van der Waals surface area contributed by atoms with Gasteiger partial charge in [0.05, 0.1) is 12.7 Å². The van der Waals surface area contributed by atoms with Crippen molar-refractivity contribution in [3.05, 3.63) is 28.8 Å². The average molecular weight is 312 g/mol. The fourth-order valence-electron chi connectivity index (χ4n) is 2.66. The number of amidine groups is 1. The smallest absolute Gasteiger partial charge is 0.255 e. The molecular weight excluding hydrogens is 294 g/mol. The third-order valence-electron chi connectivity index (χ3n) is 3.73. The number of hydrogen-bond acceptors (Lipinski definition) is 4. The van der Waals surface area contributed by atoms with Gasteiger partial charge in [-0.05, 0) is 31.0 Å². The number of carbonyl (C=O) groups is 1. The Labute approximate surface area is 127 Å². The van der Waals surface area contributed by atoms with Crippen LogP contribution in [0.15, 0.2) is 23.4 Å². The Morgan fingerprint density at radius 2 is 2.29 bits per heavy atom. The third kappa shape index (κ3) is 3.39. The highest BCUT2D eigenvalue weighted by Crippen LogP contribution is 2.28. The number of carbonyl (C=O) groups excluding carboxylic acids is 1. The van der Waals surface area contributed by atoms with Crippen LogP contribution in [0, 0.1) is 5.92 Å². The number of hydrogen-bond donors (Lipinski definition) is 3. The molecule has 2 rings (SSSR count). The number of methoxy groups -OCH3 is 1. The third-order valence-corrected chi connectivity index (χ3v) is 3.97. The maximum Gasteiger partial charge on any atom is 0.255 e. The number of ether oxygens (including phenoxy) is 1. The lowest BCUT2D eigenvalue weighted by molar-refractivity contribution is 0.0930. The summed E-state index contributed by atoms with van der Waals surface area (Å²) < 4.78 is 5.17. The molecule has 6 nitrogen and oxygen atoms in total. The first-order valence-electron chi connectivity index (χ1n) is 6.68. The number of halogens is 1. The molecule has 0 aromatic heterocycles. The molecule has 0 saturated heterocycles. The Balaban J connectivity index is 2.16. The molecule has 0 bridgehead atoms. The van der Waals surface area contributed by atoms with Crippen LogP contribution in [0.5, 0.6) is 5.75 Å². The minimum Gasteiger partial charge on any atom is -0.496 e. The summed E-state index contributed by atoms with van der Waals surface area (Å²) >= 11 is 5.93. The highest BCUT2D eigenvalue weighted by Gasteiger charge is 2.32. The van der Waals surface area contributed by atoms with Crippen molar-refractivity contribution in [1.29, 1.82) is 0 Å². The predicted molar refractivity (Wildman–Crippen MR) is 80.0 cm³/mol. The lowest BCUT2D eigenvalue weighted by atomic mass is 10.0. The number of oxime groups is 1. The number of rotatable bonds is 4. The first-order valence-corrected chi connectivity index (χ1v) is 7.06. The fourth-order valence-corrected chi connectivity index (χ4v) is 2.84. The summed E-state index contributed by atoms with van der Waals surface area (Å²) in [4.78, 5) is 12.4. The molecule has 1 aromatic carbocycles. The Kier molecular flexibility index (Phi) is 4.90. The molecule has 1 saturated carbocycles. The fraction of sp³-hybridized carbons (Fsp3) is 0.429. The Bertz CT molecular complexity index is 562. The van der Waals surface area contributed by atoms with Crippen molar-refractivity contribution in [2.75, 3.05) is 7.11 Å². The van der Waals surface area contributed by atoms with E-state index < -0.39 is 0 Å². The van der Waals surface area contributed by atoms with E-state index in [0.29, 0.717) is 16.3 Å². The van der Waals surface area contributed by atoms with Gasteiger partial charge in [-0.2, -0.15) is 0 Å². The zero-order chi connectivity index (χ0) is 15.4. The molecule has 1 aromatic rings. The number of benzene rings is 1. The minimum atomic E-state index is -0.281. The van der Waals surface area contributed by atoms with E-state index in [0.717, 1.165) is 19.3 Å². The van der Waals surface area contributed by atoms with Crippen molar-refractivity contribution in [3.8, 4) is 5.75 Å². The van der Waals surface area contributed by atoms with Crippen LogP contribution >= 0.6 is 11.6 Å². The second-order valence-corrected chi connectivity index (χ2v) is 5.42. The summed E-state index contributed by atoms with van der Waals surface area (Å²) in [6.07, 6.45) is 2.49. The molecule has 0 aliphatic heterocycles. The van der Waals surface area contributed by atoms with Gasteiger partial charge >= 0.3 is 0 Å². The van der Waals surface area contributed by atoms with E-state index in [1.165, 1.54) is 7.11 Å². The molecule has 1 amide bonds. The molecule has 114 valence electrons. The van der Waals surface area contributed by atoms with Gasteiger partial charge in [-0.1, -0.05) is 23.2 Å². The van der Waals surface area contributed by atoms with E-state index in [-0.39, 0.29) is 23.7 Å². The zero-order valence-electron chi connectivity index (χ0n) is 11.7. The second-order valence-electron chi connectivity index (χ2n) is 4.99. The van der Waals surface area contributed by atoms with Crippen molar-refractivity contribution in [2.24, 2.45) is 16.8 Å². The van der Waals surface area contributed by atoms with Gasteiger partial charge in [-0.15, -0.1) is 0 Å². The summed E-state index contributed by atoms with van der Waals surface area (Å²) in [5.41, 5.74) is 6.04. The first-order chi connectivity index (χ1) is 10.1. The molecule has 2 unspecified atom stereocenters. The Morgan fingerprint density at radius 3 is 2.95 bits per heavy atom. The summed E-state index contributed by atoms with van der Waals surface area (Å²) in [6, 6.07) is 4.71. The molecule has 0 heterocycles. The van der Waals surface area contributed by atoms with Crippen LogP contribution in [0.3, 0.4) is 0 Å². The molecule has 1 aliphatic rings. The van der Waals surface area contributed by atoms with Crippen molar-refractivity contribution in [2.45, 2.75) is 25.3 Å². The molecule has 1 aliphatic carbocycles. The lowest BCUT2D eigenvalue weighted by Gasteiger charge is -2.20. The Morgan fingerprint density at radius 1 is 1.52 bits per heavy atom. The Hall–Kier alpha value is -1.95. The van der Waals surface area contributed by atoms with Gasteiger partial charge in [0.15, 0.2) is 0 Å². The van der Waals surface area contributed by atoms with Crippen LogP contribution in [-0.4, -0.2) is 30.1 Å². The van der Waals surface area contributed by atoms with Crippen LogP contribution in [-0.2, 0) is 0 Å².